The summed E-state index contributed by atoms with van der Waals surface area (Å²) in [5, 5.41) is 8.89. The van der Waals surface area contributed by atoms with Gasteiger partial charge >= 0.3 is 25.7 Å². The number of phosphoric acid groups is 1. The monoisotopic (exact) mass is 828 g/mol. The van der Waals surface area contributed by atoms with Crippen LogP contribution in [0.25, 0.3) is 0 Å². The van der Waals surface area contributed by atoms with Crippen LogP contribution in [0.5, 0.6) is 0 Å². The first kappa shape index (κ1) is 54.7. The molecule has 0 aliphatic rings. The van der Waals surface area contributed by atoms with E-state index < -0.39 is 51.1 Å². The van der Waals surface area contributed by atoms with Crippen molar-refractivity contribution in [3.8, 4) is 0 Å². The van der Waals surface area contributed by atoms with Crippen molar-refractivity contribution in [2.24, 2.45) is 5.73 Å². The Labute approximate surface area is 346 Å². The topological polar surface area (TPSA) is 172 Å². The lowest BCUT2D eigenvalue weighted by molar-refractivity contribution is -0.161. The van der Waals surface area contributed by atoms with E-state index in [2.05, 4.69) is 54.8 Å². The maximum absolute atomic E-state index is 12.6. The van der Waals surface area contributed by atoms with Gasteiger partial charge in [0.15, 0.2) is 6.10 Å². The zero-order valence-corrected chi connectivity index (χ0v) is 36.8. The van der Waals surface area contributed by atoms with Crippen molar-refractivity contribution in [3.05, 3.63) is 36.5 Å². The van der Waals surface area contributed by atoms with Gasteiger partial charge in [-0.15, -0.1) is 0 Å². The van der Waals surface area contributed by atoms with E-state index in [1.165, 1.54) is 96.3 Å². The lowest BCUT2D eigenvalue weighted by atomic mass is 10.1. The molecule has 0 aromatic rings. The largest absolute Gasteiger partial charge is 0.480 e. The first-order valence-corrected chi connectivity index (χ1v) is 24.0. The highest BCUT2D eigenvalue weighted by Gasteiger charge is 2.28. The van der Waals surface area contributed by atoms with Crippen LogP contribution in [-0.4, -0.2) is 59.9 Å². The van der Waals surface area contributed by atoms with E-state index in [4.69, 9.17) is 24.8 Å². The summed E-state index contributed by atoms with van der Waals surface area (Å²) >= 11 is 0. The fourth-order valence-corrected chi connectivity index (χ4v) is 6.80. The van der Waals surface area contributed by atoms with Crippen molar-refractivity contribution in [1.29, 1.82) is 0 Å². The maximum atomic E-state index is 12.6. The summed E-state index contributed by atoms with van der Waals surface area (Å²) in [5.74, 6) is -2.40. The molecule has 0 saturated carbocycles. The fourth-order valence-electron chi connectivity index (χ4n) is 6.02. The van der Waals surface area contributed by atoms with E-state index in [0.29, 0.717) is 12.8 Å². The molecule has 0 aliphatic carbocycles. The number of hydrogen-bond acceptors (Lipinski definition) is 9. The molecule has 3 atom stereocenters. The van der Waals surface area contributed by atoms with Crippen molar-refractivity contribution >= 4 is 25.7 Å². The van der Waals surface area contributed by atoms with Crippen LogP contribution in [0.2, 0.25) is 0 Å². The van der Waals surface area contributed by atoms with E-state index >= 15 is 0 Å². The summed E-state index contributed by atoms with van der Waals surface area (Å²) in [6.45, 7) is 2.75. The predicted molar refractivity (Wildman–Crippen MR) is 231 cm³/mol. The van der Waals surface area contributed by atoms with Gasteiger partial charge in [0.2, 0.25) is 0 Å². The normalized spacial score (nSPS) is 14.0. The average Bonchev–Trinajstić information content (AvgIpc) is 3.19. The maximum Gasteiger partial charge on any atom is 0.472 e. The Hall–Kier alpha value is -2.30. The summed E-state index contributed by atoms with van der Waals surface area (Å²) in [4.78, 5) is 46.0. The molecule has 0 aromatic carbocycles. The highest BCUT2D eigenvalue weighted by Crippen LogP contribution is 2.43. The van der Waals surface area contributed by atoms with Crippen LogP contribution in [-0.2, 0) is 37.5 Å². The second-order valence-electron chi connectivity index (χ2n) is 15.2. The first-order valence-electron chi connectivity index (χ1n) is 22.5. The van der Waals surface area contributed by atoms with Crippen molar-refractivity contribution in [3.63, 3.8) is 0 Å². The number of carboxylic acids is 1. The Morgan fingerprint density at radius 1 is 0.544 bits per heavy atom. The molecule has 57 heavy (non-hydrogen) atoms. The van der Waals surface area contributed by atoms with Gasteiger partial charge in [0.25, 0.3) is 0 Å². The zero-order valence-electron chi connectivity index (χ0n) is 35.9. The fraction of sp³-hybridized carbons (Fsp3) is 0.800. The molecule has 12 heteroatoms. The zero-order chi connectivity index (χ0) is 42.1. The highest BCUT2D eigenvalue weighted by atomic mass is 31.2. The standard InChI is InChI=1S/C45H82NO10P/c1-3-5-7-9-11-13-15-17-19-20-21-22-23-25-26-28-30-32-34-36-43(47)53-38-41(39-54-57(51,52)55-40-42(46)45(49)50)56-44(48)37-35-33-31-29-27-24-18-16-14-12-10-8-6-4-2/h10,12,16-19,41-42H,3-9,11,13-15,20-40,46H2,1-2H3,(H,49,50)(H,51,52)/b12-10-,18-16-,19-17-. The molecule has 332 valence electrons. The van der Waals surface area contributed by atoms with Gasteiger partial charge in [-0.2, -0.15) is 0 Å². The molecule has 3 unspecified atom stereocenters. The summed E-state index contributed by atoms with van der Waals surface area (Å²) in [6, 6.07) is -1.52. The summed E-state index contributed by atoms with van der Waals surface area (Å²) in [7, 11) is -4.72. The van der Waals surface area contributed by atoms with Crippen LogP contribution >= 0.6 is 7.82 Å². The number of carbonyl (C=O) groups excluding carboxylic acids is 2. The Morgan fingerprint density at radius 3 is 1.44 bits per heavy atom. The molecule has 0 fully saturated rings. The van der Waals surface area contributed by atoms with Gasteiger partial charge in [0.1, 0.15) is 12.6 Å². The van der Waals surface area contributed by atoms with E-state index in [0.717, 1.165) is 64.2 Å². The van der Waals surface area contributed by atoms with Crippen molar-refractivity contribution in [2.45, 2.75) is 212 Å². The molecule has 0 radical (unpaired) electrons. The molecular formula is C45H82NO10P. The quantitative estimate of drug-likeness (QED) is 0.0231. The second-order valence-corrected chi connectivity index (χ2v) is 16.6. The van der Waals surface area contributed by atoms with E-state index in [1.807, 2.05) is 0 Å². The van der Waals surface area contributed by atoms with E-state index in [-0.39, 0.29) is 19.4 Å². The lowest BCUT2D eigenvalue weighted by Gasteiger charge is -2.20. The molecule has 11 nitrogen and oxygen atoms in total. The minimum Gasteiger partial charge on any atom is -0.480 e. The molecular weight excluding hydrogens is 745 g/mol. The predicted octanol–water partition coefficient (Wildman–Crippen LogP) is 12.0. The second kappa shape index (κ2) is 40.5. The van der Waals surface area contributed by atoms with Crippen LogP contribution in [0.4, 0.5) is 0 Å². The van der Waals surface area contributed by atoms with Gasteiger partial charge in [-0.3, -0.25) is 23.4 Å². The van der Waals surface area contributed by atoms with Crippen LogP contribution in [0.3, 0.4) is 0 Å². The minimum atomic E-state index is -4.72. The summed E-state index contributed by atoms with van der Waals surface area (Å²) in [6.07, 6.45) is 43.5. The molecule has 0 spiro atoms. The van der Waals surface area contributed by atoms with Crippen molar-refractivity contribution in [2.75, 3.05) is 19.8 Å². The van der Waals surface area contributed by atoms with Gasteiger partial charge < -0.3 is 25.2 Å². The highest BCUT2D eigenvalue weighted by molar-refractivity contribution is 7.47. The number of hydrogen-bond donors (Lipinski definition) is 3. The van der Waals surface area contributed by atoms with Gasteiger partial charge in [0, 0.05) is 12.8 Å². The number of unbranched alkanes of at least 4 members (excludes halogenated alkanes) is 22. The number of esters is 2. The number of nitrogens with two attached hydrogens (primary N) is 1. The molecule has 0 heterocycles. The van der Waals surface area contributed by atoms with Crippen LogP contribution in [0, 0.1) is 0 Å². The third-order valence-corrected chi connectivity index (χ3v) is 10.6. The number of allylic oxidation sites excluding steroid dienone is 6. The number of rotatable bonds is 42. The van der Waals surface area contributed by atoms with Gasteiger partial charge in [0.05, 0.1) is 13.2 Å². The molecule has 0 bridgehead atoms. The smallest absolute Gasteiger partial charge is 0.472 e. The van der Waals surface area contributed by atoms with Crippen molar-refractivity contribution in [1.82, 2.24) is 0 Å². The molecule has 0 amide bonds. The van der Waals surface area contributed by atoms with Crippen molar-refractivity contribution < 1.29 is 47.5 Å². The third kappa shape index (κ3) is 40.3. The number of aliphatic carboxylic acids is 1. The third-order valence-electron chi connectivity index (χ3n) is 9.61. The first-order chi connectivity index (χ1) is 27.6. The number of carbonyl (C=O) groups is 3. The summed E-state index contributed by atoms with van der Waals surface area (Å²) < 4.78 is 32.7. The number of ether oxygens (including phenoxy) is 2. The molecule has 0 aliphatic heterocycles. The Bertz CT molecular complexity index is 1110. The number of phosphoric ester groups is 1. The number of carboxylic acid groups (broad SMARTS) is 1. The Balaban J connectivity index is 4.32. The molecule has 0 saturated heterocycles. The van der Waals surface area contributed by atoms with Gasteiger partial charge in [-0.25, -0.2) is 4.57 Å². The SMILES string of the molecule is CCCC/C=C\C/C=C\CCCCCCCC(=O)OC(COC(=O)CCCCCCCCCCC/C=C\CCCCCCCC)COP(=O)(O)OCC(N)C(=O)O. The Kier molecular flexibility index (Phi) is 38.8. The lowest BCUT2D eigenvalue weighted by Crippen LogP contribution is -2.34. The summed E-state index contributed by atoms with van der Waals surface area (Å²) in [5.41, 5.74) is 5.33. The minimum absolute atomic E-state index is 0.145. The van der Waals surface area contributed by atoms with Crippen LogP contribution in [0.15, 0.2) is 36.5 Å². The van der Waals surface area contributed by atoms with E-state index in [9.17, 15) is 23.8 Å². The molecule has 0 aromatic heterocycles. The van der Waals surface area contributed by atoms with Gasteiger partial charge in [-0.1, -0.05) is 159 Å². The Morgan fingerprint density at radius 2 is 0.947 bits per heavy atom. The average molecular weight is 828 g/mol. The molecule has 0 rings (SSSR count). The van der Waals surface area contributed by atoms with Gasteiger partial charge in [-0.05, 0) is 64.2 Å². The van der Waals surface area contributed by atoms with Crippen LogP contribution in [0.1, 0.15) is 200 Å². The van der Waals surface area contributed by atoms with Crippen LogP contribution < -0.4 is 5.73 Å². The molecule has 4 N–H and O–H groups in total. The van der Waals surface area contributed by atoms with E-state index in [1.54, 1.807) is 0 Å².